The molecule has 1 aromatic carbocycles. The summed E-state index contributed by atoms with van der Waals surface area (Å²) in [6.07, 6.45) is 0.156. The molecule has 2 N–H and O–H groups in total. The Morgan fingerprint density at radius 2 is 2.16 bits per heavy atom. The number of nitriles is 1. The van der Waals surface area contributed by atoms with Crippen molar-refractivity contribution in [2.24, 2.45) is 0 Å². The van der Waals surface area contributed by atoms with E-state index in [1.807, 2.05) is 13.0 Å². The molecule has 132 valence electrons. The molecule has 25 heavy (non-hydrogen) atoms. The highest BCUT2D eigenvalue weighted by molar-refractivity contribution is 5.78. The average Bonchev–Trinajstić information content (AvgIpc) is 2.91. The fourth-order valence-electron chi connectivity index (χ4n) is 2.64. The molecule has 0 saturated heterocycles. The smallest absolute Gasteiger partial charge is 0.224 e. The molecule has 0 saturated carbocycles. The SMILES string of the molecule is Cc1cc(C(C)(O)CNC(=O)Cc2cccc(OCC#N)c2)c(C)o1. The molecule has 1 heterocycles. The number of nitrogens with one attached hydrogen (secondary N) is 1. The molecule has 2 rings (SSSR count). The summed E-state index contributed by atoms with van der Waals surface area (Å²) in [7, 11) is 0. The van der Waals surface area contributed by atoms with Crippen LogP contribution in [0.3, 0.4) is 0 Å². The Morgan fingerprint density at radius 1 is 1.40 bits per heavy atom. The maximum absolute atomic E-state index is 12.2. The second-order valence-corrected chi connectivity index (χ2v) is 6.15. The molecule has 0 radical (unpaired) electrons. The van der Waals surface area contributed by atoms with Crippen LogP contribution in [0.4, 0.5) is 0 Å². The van der Waals surface area contributed by atoms with Gasteiger partial charge in [0.25, 0.3) is 0 Å². The Hall–Kier alpha value is -2.78. The molecule has 1 aromatic heterocycles. The third-order valence-corrected chi connectivity index (χ3v) is 3.82. The largest absolute Gasteiger partial charge is 0.479 e. The van der Waals surface area contributed by atoms with Crippen molar-refractivity contribution in [3.63, 3.8) is 0 Å². The van der Waals surface area contributed by atoms with Gasteiger partial charge >= 0.3 is 0 Å². The number of aryl methyl sites for hydroxylation is 2. The lowest BCUT2D eigenvalue weighted by Gasteiger charge is -2.23. The Kier molecular flexibility index (Phi) is 5.84. The van der Waals surface area contributed by atoms with E-state index < -0.39 is 5.60 Å². The van der Waals surface area contributed by atoms with Gasteiger partial charge in [-0.2, -0.15) is 5.26 Å². The number of rotatable bonds is 7. The Bertz CT molecular complexity index is 787. The highest BCUT2D eigenvalue weighted by Gasteiger charge is 2.28. The predicted molar refractivity (Wildman–Crippen MR) is 92.0 cm³/mol. The first-order valence-electron chi connectivity index (χ1n) is 7.97. The summed E-state index contributed by atoms with van der Waals surface area (Å²) in [4.78, 5) is 12.2. The minimum atomic E-state index is -1.21. The molecule has 0 aliphatic rings. The standard InChI is InChI=1S/C19H22N2O4/c1-13-9-17(14(2)25-13)19(3,23)12-21-18(22)11-15-5-4-6-16(10-15)24-8-7-20/h4-6,9-10,23H,8,11-12H2,1-3H3,(H,21,22). The zero-order valence-corrected chi connectivity index (χ0v) is 14.6. The molecule has 1 unspecified atom stereocenters. The van der Waals surface area contributed by atoms with Crippen molar-refractivity contribution in [3.8, 4) is 11.8 Å². The van der Waals surface area contributed by atoms with Crippen LogP contribution >= 0.6 is 0 Å². The second-order valence-electron chi connectivity index (χ2n) is 6.15. The first-order valence-corrected chi connectivity index (χ1v) is 7.97. The molecule has 6 heteroatoms. The highest BCUT2D eigenvalue weighted by Crippen LogP contribution is 2.26. The minimum Gasteiger partial charge on any atom is -0.479 e. The number of aliphatic hydroxyl groups is 1. The monoisotopic (exact) mass is 342 g/mol. The third kappa shape index (κ3) is 5.10. The first-order chi connectivity index (χ1) is 11.8. The molecule has 0 spiro atoms. The maximum atomic E-state index is 12.2. The van der Waals surface area contributed by atoms with Gasteiger partial charge in [-0.15, -0.1) is 0 Å². The van der Waals surface area contributed by atoms with Crippen molar-refractivity contribution < 1.29 is 19.1 Å². The number of hydrogen-bond donors (Lipinski definition) is 2. The normalized spacial score (nSPS) is 12.9. The second kappa shape index (κ2) is 7.86. The van der Waals surface area contributed by atoms with Crippen LogP contribution < -0.4 is 10.1 Å². The van der Waals surface area contributed by atoms with Gasteiger partial charge in [-0.25, -0.2) is 0 Å². The maximum Gasteiger partial charge on any atom is 0.224 e. The first kappa shape index (κ1) is 18.6. The van der Waals surface area contributed by atoms with Crippen LogP contribution in [0, 0.1) is 25.2 Å². The zero-order chi connectivity index (χ0) is 18.4. The molecule has 0 aliphatic heterocycles. The third-order valence-electron chi connectivity index (χ3n) is 3.82. The minimum absolute atomic E-state index is 0.0397. The van der Waals surface area contributed by atoms with E-state index in [0.717, 1.165) is 5.56 Å². The van der Waals surface area contributed by atoms with Gasteiger partial charge in [-0.05, 0) is 44.5 Å². The van der Waals surface area contributed by atoms with E-state index in [1.165, 1.54) is 0 Å². The van der Waals surface area contributed by atoms with Crippen LogP contribution in [0.1, 0.15) is 29.6 Å². The van der Waals surface area contributed by atoms with E-state index in [2.05, 4.69) is 5.32 Å². The van der Waals surface area contributed by atoms with Crippen molar-refractivity contribution >= 4 is 5.91 Å². The Balaban J connectivity index is 1.94. The van der Waals surface area contributed by atoms with Crippen LogP contribution in [0.5, 0.6) is 5.75 Å². The van der Waals surface area contributed by atoms with Gasteiger partial charge in [0.05, 0.1) is 13.0 Å². The summed E-state index contributed by atoms with van der Waals surface area (Å²) in [6, 6.07) is 10.7. The molecule has 0 aliphatic carbocycles. The van der Waals surface area contributed by atoms with E-state index in [0.29, 0.717) is 22.8 Å². The van der Waals surface area contributed by atoms with Crippen molar-refractivity contribution in [2.45, 2.75) is 32.8 Å². The number of ether oxygens (including phenoxy) is 1. The number of carbonyl (C=O) groups is 1. The number of benzene rings is 1. The van der Waals surface area contributed by atoms with Crippen LogP contribution in [0.2, 0.25) is 0 Å². The lowest BCUT2D eigenvalue weighted by Crippen LogP contribution is -2.39. The topological polar surface area (TPSA) is 95.5 Å². The van der Waals surface area contributed by atoms with Gasteiger partial charge in [0.1, 0.15) is 28.9 Å². The van der Waals surface area contributed by atoms with Crippen molar-refractivity contribution in [3.05, 3.63) is 53.0 Å². The van der Waals surface area contributed by atoms with Gasteiger partial charge < -0.3 is 19.6 Å². The summed E-state index contributed by atoms with van der Waals surface area (Å²) in [5, 5.41) is 21.9. The average molecular weight is 342 g/mol. The molecule has 1 atom stereocenters. The fraction of sp³-hybridized carbons (Fsp3) is 0.368. The predicted octanol–water partition coefficient (Wildman–Crippen LogP) is 2.37. The lowest BCUT2D eigenvalue weighted by molar-refractivity contribution is -0.121. The molecule has 0 fully saturated rings. The molecule has 0 bridgehead atoms. The number of carbonyl (C=O) groups excluding carboxylic acids is 1. The van der Waals surface area contributed by atoms with Gasteiger partial charge in [0, 0.05) is 5.56 Å². The van der Waals surface area contributed by atoms with E-state index >= 15 is 0 Å². The molecule has 2 aromatic rings. The van der Waals surface area contributed by atoms with Crippen molar-refractivity contribution in [2.75, 3.05) is 13.2 Å². The fourth-order valence-corrected chi connectivity index (χ4v) is 2.64. The van der Waals surface area contributed by atoms with E-state index in [-0.39, 0.29) is 25.5 Å². The quantitative estimate of drug-likeness (QED) is 0.805. The van der Waals surface area contributed by atoms with Crippen LogP contribution in [-0.4, -0.2) is 24.2 Å². The number of nitrogens with zero attached hydrogens (tertiary/aromatic N) is 1. The Morgan fingerprint density at radius 3 is 2.80 bits per heavy atom. The van der Waals surface area contributed by atoms with Gasteiger partial charge in [-0.1, -0.05) is 12.1 Å². The van der Waals surface area contributed by atoms with Crippen LogP contribution in [0.25, 0.3) is 0 Å². The summed E-state index contributed by atoms with van der Waals surface area (Å²) >= 11 is 0. The summed E-state index contributed by atoms with van der Waals surface area (Å²) in [5.74, 6) is 1.69. The van der Waals surface area contributed by atoms with E-state index in [4.69, 9.17) is 14.4 Å². The van der Waals surface area contributed by atoms with Crippen LogP contribution in [-0.2, 0) is 16.8 Å². The number of hydrogen-bond acceptors (Lipinski definition) is 5. The van der Waals surface area contributed by atoms with Crippen LogP contribution in [0.15, 0.2) is 34.7 Å². The van der Waals surface area contributed by atoms with Gasteiger partial charge in [0.15, 0.2) is 6.61 Å². The molecule has 1 amide bonds. The zero-order valence-electron chi connectivity index (χ0n) is 14.6. The summed E-state index contributed by atoms with van der Waals surface area (Å²) < 4.78 is 10.7. The van der Waals surface area contributed by atoms with Gasteiger partial charge in [-0.3, -0.25) is 4.79 Å². The molecular weight excluding hydrogens is 320 g/mol. The summed E-state index contributed by atoms with van der Waals surface area (Å²) in [6.45, 7) is 5.27. The number of furan rings is 1. The molecular formula is C19H22N2O4. The highest BCUT2D eigenvalue weighted by atomic mass is 16.5. The summed E-state index contributed by atoms with van der Waals surface area (Å²) in [5.41, 5.74) is 0.218. The Labute approximate surface area is 147 Å². The van der Waals surface area contributed by atoms with E-state index in [9.17, 15) is 9.90 Å². The van der Waals surface area contributed by atoms with E-state index in [1.54, 1.807) is 44.2 Å². The van der Waals surface area contributed by atoms with Crippen molar-refractivity contribution in [1.29, 1.82) is 5.26 Å². The number of amides is 1. The van der Waals surface area contributed by atoms with Gasteiger partial charge in [0.2, 0.25) is 5.91 Å². The lowest BCUT2D eigenvalue weighted by atomic mass is 9.96. The molecule has 6 nitrogen and oxygen atoms in total. The van der Waals surface area contributed by atoms with Crippen molar-refractivity contribution in [1.82, 2.24) is 5.32 Å².